The number of phenolic OH excluding ortho intramolecular Hbond substituents is 1. The summed E-state index contributed by atoms with van der Waals surface area (Å²) in [6, 6.07) is 22.8. The highest BCUT2D eigenvalue weighted by atomic mass is 16.6. The molecule has 1 fully saturated rings. The van der Waals surface area contributed by atoms with Gasteiger partial charge in [0.25, 0.3) is 5.91 Å². The van der Waals surface area contributed by atoms with Crippen molar-refractivity contribution < 1.29 is 19.4 Å². The molecule has 34 heavy (non-hydrogen) atoms. The molecule has 1 saturated heterocycles. The fourth-order valence-electron chi connectivity index (χ4n) is 4.05. The number of ether oxygens (including phenoxy) is 1. The lowest BCUT2D eigenvalue weighted by Crippen LogP contribution is -2.39. The third-order valence-electron chi connectivity index (χ3n) is 5.79. The van der Waals surface area contributed by atoms with Crippen LogP contribution >= 0.6 is 0 Å². The van der Waals surface area contributed by atoms with Crippen LogP contribution in [0.3, 0.4) is 0 Å². The first-order valence-corrected chi connectivity index (χ1v) is 11.0. The molecule has 1 aliphatic rings. The van der Waals surface area contributed by atoms with Gasteiger partial charge in [0.2, 0.25) is 0 Å². The molecule has 7 heteroatoms. The summed E-state index contributed by atoms with van der Waals surface area (Å²) in [4.78, 5) is 28.8. The summed E-state index contributed by atoms with van der Waals surface area (Å²) in [5.41, 5.74) is 3.26. The van der Waals surface area contributed by atoms with Gasteiger partial charge in [-0.3, -0.25) is 14.9 Å². The molecule has 1 aliphatic heterocycles. The third-order valence-corrected chi connectivity index (χ3v) is 5.79. The topological polar surface area (TPSA) is 103 Å². The summed E-state index contributed by atoms with van der Waals surface area (Å²) in [6.45, 7) is 0. The molecule has 1 aromatic heterocycles. The molecular weight excluding hydrogens is 430 g/mol. The van der Waals surface area contributed by atoms with Crippen LogP contribution in [-0.4, -0.2) is 34.2 Å². The molecule has 5 rings (SSSR count). The van der Waals surface area contributed by atoms with Crippen molar-refractivity contribution in [2.24, 2.45) is 0 Å². The SMILES string of the molecule is O=C(N/C(=C\c1ccccc1O)C1NC(Cc2c[nH]c3ccccc23)C(=O)O1)c1ccccc1. The summed E-state index contributed by atoms with van der Waals surface area (Å²) >= 11 is 0. The number of para-hydroxylation sites is 2. The van der Waals surface area contributed by atoms with Crippen LogP contribution in [0, 0.1) is 0 Å². The monoisotopic (exact) mass is 453 g/mol. The number of aromatic hydroxyl groups is 1. The fourth-order valence-corrected chi connectivity index (χ4v) is 4.05. The fraction of sp³-hybridized carbons (Fsp3) is 0.111. The van der Waals surface area contributed by atoms with Crippen molar-refractivity contribution in [1.29, 1.82) is 0 Å². The van der Waals surface area contributed by atoms with E-state index in [1.165, 1.54) is 0 Å². The smallest absolute Gasteiger partial charge is 0.325 e. The number of amides is 1. The molecule has 0 spiro atoms. The van der Waals surface area contributed by atoms with Crippen molar-refractivity contribution in [1.82, 2.24) is 15.6 Å². The predicted octanol–water partition coefficient (Wildman–Crippen LogP) is 3.73. The number of carbonyl (C=O) groups is 2. The van der Waals surface area contributed by atoms with Gasteiger partial charge < -0.3 is 20.1 Å². The molecule has 0 bridgehead atoms. The first-order valence-electron chi connectivity index (χ1n) is 11.0. The molecular formula is C27H23N3O4. The molecule has 2 heterocycles. The molecule has 7 nitrogen and oxygen atoms in total. The summed E-state index contributed by atoms with van der Waals surface area (Å²) < 4.78 is 5.62. The molecule has 0 aliphatic carbocycles. The molecule has 0 saturated carbocycles. The van der Waals surface area contributed by atoms with E-state index in [4.69, 9.17) is 4.74 Å². The standard InChI is InChI=1S/C27H23N3O4/c31-24-13-7-4-10-18(24)14-22(29-25(32)17-8-2-1-3-9-17)26-30-23(27(33)34-26)15-19-16-28-21-12-6-5-11-20(19)21/h1-14,16,23,26,28,30-31H,15H2,(H,29,32)/b22-14-. The summed E-state index contributed by atoms with van der Waals surface area (Å²) in [5, 5.41) is 17.3. The zero-order valence-corrected chi connectivity index (χ0v) is 18.2. The van der Waals surface area contributed by atoms with Crippen molar-refractivity contribution in [2.75, 3.05) is 0 Å². The van der Waals surface area contributed by atoms with Gasteiger partial charge in [-0.2, -0.15) is 0 Å². The van der Waals surface area contributed by atoms with Gasteiger partial charge in [-0.1, -0.05) is 54.6 Å². The number of nitrogens with one attached hydrogen (secondary N) is 3. The second-order valence-corrected chi connectivity index (χ2v) is 8.08. The maximum absolute atomic E-state index is 12.9. The molecule has 2 atom stereocenters. The van der Waals surface area contributed by atoms with Crippen molar-refractivity contribution in [3.05, 3.63) is 107 Å². The Kier molecular flexibility index (Phi) is 5.84. The minimum Gasteiger partial charge on any atom is -0.507 e. The van der Waals surface area contributed by atoms with Crippen LogP contribution in [0.5, 0.6) is 5.75 Å². The molecule has 1 amide bonds. The largest absolute Gasteiger partial charge is 0.507 e. The van der Waals surface area contributed by atoms with E-state index in [0.717, 1.165) is 16.5 Å². The molecule has 4 N–H and O–H groups in total. The van der Waals surface area contributed by atoms with Crippen LogP contribution in [0.15, 0.2) is 90.8 Å². The lowest BCUT2D eigenvalue weighted by Gasteiger charge is -2.17. The number of phenols is 1. The zero-order chi connectivity index (χ0) is 23.5. The van der Waals surface area contributed by atoms with Crippen LogP contribution in [-0.2, 0) is 16.0 Å². The third kappa shape index (κ3) is 4.42. The van der Waals surface area contributed by atoms with Crippen LogP contribution in [0.4, 0.5) is 0 Å². The van der Waals surface area contributed by atoms with Gasteiger partial charge in [-0.05, 0) is 35.9 Å². The number of esters is 1. The highest BCUT2D eigenvalue weighted by Gasteiger charge is 2.36. The second-order valence-electron chi connectivity index (χ2n) is 8.08. The van der Waals surface area contributed by atoms with Crippen LogP contribution in [0.25, 0.3) is 17.0 Å². The van der Waals surface area contributed by atoms with Crippen LogP contribution in [0.2, 0.25) is 0 Å². The predicted molar refractivity (Wildman–Crippen MR) is 129 cm³/mol. The van der Waals surface area contributed by atoms with Crippen LogP contribution < -0.4 is 10.6 Å². The summed E-state index contributed by atoms with van der Waals surface area (Å²) in [5.74, 6) is -0.707. The lowest BCUT2D eigenvalue weighted by atomic mass is 10.1. The normalized spacial score (nSPS) is 18.1. The number of benzene rings is 3. The number of carbonyl (C=O) groups excluding carboxylic acids is 2. The van der Waals surface area contributed by atoms with Gasteiger partial charge >= 0.3 is 5.97 Å². The minimum atomic E-state index is -0.880. The number of rotatable bonds is 6. The maximum atomic E-state index is 12.9. The number of cyclic esters (lactones) is 1. The Morgan fingerprint density at radius 3 is 2.56 bits per heavy atom. The van der Waals surface area contributed by atoms with Gasteiger partial charge in [0.1, 0.15) is 11.8 Å². The number of aromatic amines is 1. The lowest BCUT2D eigenvalue weighted by molar-refractivity contribution is -0.141. The first-order chi connectivity index (χ1) is 16.6. The molecule has 0 radical (unpaired) electrons. The maximum Gasteiger partial charge on any atom is 0.325 e. The molecule has 2 unspecified atom stereocenters. The van der Waals surface area contributed by atoms with E-state index in [2.05, 4.69) is 15.6 Å². The second kappa shape index (κ2) is 9.25. The van der Waals surface area contributed by atoms with Crippen molar-refractivity contribution in [2.45, 2.75) is 18.7 Å². The van der Waals surface area contributed by atoms with Gasteiger partial charge in [0, 0.05) is 34.6 Å². The highest BCUT2D eigenvalue weighted by molar-refractivity contribution is 5.96. The van der Waals surface area contributed by atoms with E-state index in [1.54, 1.807) is 54.6 Å². The Morgan fingerprint density at radius 1 is 1.00 bits per heavy atom. The summed E-state index contributed by atoms with van der Waals surface area (Å²) in [7, 11) is 0. The molecule has 3 aromatic carbocycles. The van der Waals surface area contributed by atoms with Crippen LogP contribution in [0.1, 0.15) is 21.5 Å². The van der Waals surface area contributed by atoms with Gasteiger partial charge in [-0.25, -0.2) is 0 Å². The van der Waals surface area contributed by atoms with Crippen molar-refractivity contribution >= 4 is 28.9 Å². The first kappa shape index (κ1) is 21.5. The molecule has 170 valence electrons. The Morgan fingerprint density at radius 2 is 1.74 bits per heavy atom. The minimum absolute atomic E-state index is 0.0497. The Balaban J connectivity index is 1.41. The van der Waals surface area contributed by atoms with Gasteiger partial charge in [-0.15, -0.1) is 0 Å². The average Bonchev–Trinajstić information content (AvgIpc) is 3.44. The van der Waals surface area contributed by atoms with E-state index in [9.17, 15) is 14.7 Å². The number of aromatic nitrogens is 1. The average molecular weight is 453 g/mol. The summed E-state index contributed by atoms with van der Waals surface area (Å²) in [6.07, 6.45) is 3.04. The Bertz CT molecular complexity index is 1380. The highest BCUT2D eigenvalue weighted by Crippen LogP contribution is 2.24. The number of hydrogen-bond acceptors (Lipinski definition) is 5. The van der Waals surface area contributed by atoms with E-state index in [1.807, 2.05) is 36.5 Å². The zero-order valence-electron chi connectivity index (χ0n) is 18.2. The van der Waals surface area contributed by atoms with Gasteiger partial charge in [0.15, 0.2) is 6.23 Å². The van der Waals surface area contributed by atoms with E-state index in [0.29, 0.717) is 23.2 Å². The number of H-pyrrole nitrogens is 1. The van der Waals surface area contributed by atoms with E-state index < -0.39 is 18.2 Å². The van der Waals surface area contributed by atoms with E-state index >= 15 is 0 Å². The van der Waals surface area contributed by atoms with Crippen molar-refractivity contribution in [3.63, 3.8) is 0 Å². The van der Waals surface area contributed by atoms with E-state index in [-0.39, 0.29) is 11.7 Å². The molecule has 4 aromatic rings. The Labute approximate surface area is 196 Å². The van der Waals surface area contributed by atoms with Crippen molar-refractivity contribution in [3.8, 4) is 5.75 Å². The number of fused-ring (bicyclic) bond motifs is 1. The quantitative estimate of drug-likeness (QED) is 0.333. The number of hydrogen-bond donors (Lipinski definition) is 4. The Hall–Kier alpha value is -4.36. The van der Waals surface area contributed by atoms with Gasteiger partial charge in [0.05, 0.1) is 5.70 Å².